The molecule has 2 atom stereocenters. The number of ether oxygens (including phenoxy) is 1. The van der Waals surface area contributed by atoms with Crippen LogP contribution in [0.5, 0.6) is 5.75 Å². The van der Waals surface area contributed by atoms with Gasteiger partial charge in [-0.25, -0.2) is 0 Å². The lowest BCUT2D eigenvalue weighted by molar-refractivity contribution is 0.216. The Bertz CT molecular complexity index is 411. The number of hydrogen-bond donors (Lipinski definition) is 1. The Morgan fingerprint density at radius 3 is 2.82 bits per heavy atom. The van der Waals surface area contributed by atoms with E-state index in [2.05, 4.69) is 6.07 Å². The van der Waals surface area contributed by atoms with E-state index in [1.54, 1.807) is 6.07 Å². The molecule has 2 N–H and O–H groups in total. The van der Waals surface area contributed by atoms with Crippen LogP contribution in [0.25, 0.3) is 0 Å². The summed E-state index contributed by atoms with van der Waals surface area (Å²) < 4.78 is 5.77. The predicted octanol–water partition coefficient (Wildman–Crippen LogP) is 2.31. The van der Waals surface area contributed by atoms with E-state index in [0.717, 1.165) is 6.54 Å². The Balaban J connectivity index is 1.96. The maximum absolute atomic E-state index is 8.96. The van der Waals surface area contributed by atoms with Crippen molar-refractivity contribution in [1.29, 1.82) is 5.26 Å². The maximum Gasteiger partial charge on any atom is 0.137 e. The van der Waals surface area contributed by atoms with Crippen LogP contribution >= 0.6 is 0 Å². The second-order valence-electron chi connectivity index (χ2n) is 4.61. The van der Waals surface area contributed by atoms with Crippen LogP contribution in [-0.4, -0.2) is 13.2 Å². The molecule has 2 unspecified atom stereocenters. The monoisotopic (exact) mass is 230 g/mol. The first kappa shape index (κ1) is 11.9. The fraction of sp³-hybridized carbons (Fsp3) is 0.500. The molecule has 1 aliphatic carbocycles. The van der Waals surface area contributed by atoms with Crippen molar-refractivity contribution in [2.45, 2.75) is 19.3 Å². The van der Waals surface area contributed by atoms with Crippen LogP contribution in [-0.2, 0) is 0 Å². The van der Waals surface area contributed by atoms with Gasteiger partial charge in [-0.15, -0.1) is 0 Å². The third-order valence-electron chi connectivity index (χ3n) is 3.58. The fourth-order valence-corrected chi connectivity index (χ4v) is 2.53. The van der Waals surface area contributed by atoms with Crippen molar-refractivity contribution < 1.29 is 4.74 Å². The van der Waals surface area contributed by atoms with E-state index in [-0.39, 0.29) is 0 Å². The molecule has 0 heterocycles. The molecule has 1 aromatic carbocycles. The van der Waals surface area contributed by atoms with Gasteiger partial charge in [0.15, 0.2) is 0 Å². The normalized spacial score (nSPS) is 23.3. The lowest BCUT2D eigenvalue weighted by Crippen LogP contribution is -2.23. The molecule has 1 saturated carbocycles. The summed E-state index contributed by atoms with van der Waals surface area (Å²) in [7, 11) is 0. The van der Waals surface area contributed by atoms with Gasteiger partial charge < -0.3 is 10.5 Å². The Morgan fingerprint density at radius 1 is 1.29 bits per heavy atom. The number of nitrogens with zero attached hydrogens (tertiary/aromatic N) is 1. The van der Waals surface area contributed by atoms with Crippen molar-refractivity contribution in [3.05, 3.63) is 29.8 Å². The molecule has 2 rings (SSSR count). The van der Waals surface area contributed by atoms with Gasteiger partial charge in [0.1, 0.15) is 11.8 Å². The van der Waals surface area contributed by atoms with Gasteiger partial charge in [-0.1, -0.05) is 18.6 Å². The third kappa shape index (κ3) is 2.78. The van der Waals surface area contributed by atoms with Crippen molar-refractivity contribution in [2.24, 2.45) is 17.6 Å². The van der Waals surface area contributed by atoms with Gasteiger partial charge in [-0.05, 0) is 43.4 Å². The highest BCUT2D eigenvalue weighted by atomic mass is 16.5. The zero-order chi connectivity index (χ0) is 12.1. The number of para-hydroxylation sites is 1. The average Bonchev–Trinajstić information content (AvgIpc) is 2.84. The summed E-state index contributed by atoms with van der Waals surface area (Å²) in [5.74, 6) is 1.83. The van der Waals surface area contributed by atoms with Gasteiger partial charge in [0.2, 0.25) is 0 Å². The number of nitriles is 1. The molecule has 1 aliphatic rings. The molecule has 0 radical (unpaired) electrons. The van der Waals surface area contributed by atoms with Crippen molar-refractivity contribution in [2.75, 3.05) is 13.2 Å². The summed E-state index contributed by atoms with van der Waals surface area (Å²) in [6.45, 7) is 1.43. The minimum Gasteiger partial charge on any atom is -0.492 e. The molecule has 3 nitrogen and oxygen atoms in total. The van der Waals surface area contributed by atoms with Crippen LogP contribution in [0, 0.1) is 23.2 Å². The van der Waals surface area contributed by atoms with Crippen LogP contribution < -0.4 is 10.5 Å². The van der Waals surface area contributed by atoms with Crippen LogP contribution in [0.3, 0.4) is 0 Å². The lowest BCUT2D eigenvalue weighted by atomic mass is 9.97. The summed E-state index contributed by atoms with van der Waals surface area (Å²) >= 11 is 0. The molecule has 0 aromatic heterocycles. The highest BCUT2D eigenvalue weighted by Crippen LogP contribution is 2.31. The van der Waals surface area contributed by atoms with Crippen molar-refractivity contribution in [3.63, 3.8) is 0 Å². The molecule has 0 bridgehead atoms. The van der Waals surface area contributed by atoms with E-state index in [4.69, 9.17) is 15.7 Å². The number of rotatable bonds is 4. The fourth-order valence-electron chi connectivity index (χ4n) is 2.53. The summed E-state index contributed by atoms with van der Waals surface area (Å²) in [6.07, 6.45) is 3.65. The molecule has 17 heavy (non-hydrogen) atoms. The van der Waals surface area contributed by atoms with Crippen LogP contribution in [0.4, 0.5) is 0 Å². The first-order chi connectivity index (χ1) is 8.35. The topological polar surface area (TPSA) is 59.0 Å². The van der Waals surface area contributed by atoms with Gasteiger partial charge >= 0.3 is 0 Å². The van der Waals surface area contributed by atoms with E-state index >= 15 is 0 Å². The molecule has 0 aliphatic heterocycles. The molecule has 0 spiro atoms. The molecule has 1 fully saturated rings. The van der Waals surface area contributed by atoms with Crippen molar-refractivity contribution >= 4 is 0 Å². The molecule has 90 valence electrons. The number of benzene rings is 1. The van der Waals surface area contributed by atoms with Gasteiger partial charge in [-0.3, -0.25) is 0 Å². The molecular weight excluding hydrogens is 212 g/mol. The van der Waals surface area contributed by atoms with Gasteiger partial charge in [-0.2, -0.15) is 5.26 Å². The van der Waals surface area contributed by atoms with E-state index in [0.29, 0.717) is 29.8 Å². The summed E-state index contributed by atoms with van der Waals surface area (Å²) in [5, 5.41) is 8.96. The SMILES string of the molecule is N#Cc1ccccc1OCC1CCCC1CN. The molecular formula is C14H18N2O. The van der Waals surface area contributed by atoms with Gasteiger partial charge in [0.05, 0.1) is 12.2 Å². The van der Waals surface area contributed by atoms with E-state index in [1.807, 2.05) is 18.2 Å². The zero-order valence-electron chi connectivity index (χ0n) is 9.93. The van der Waals surface area contributed by atoms with E-state index in [9.17, 15) is 0 Å². The Kier molecular flexibility index (Phi) is 4.00. The van der Waals surface area contributed by atoms with Crippen molar-refractivity contribution in [3.8, 4) is 11.8 Å². The van der Waals surface area contributed by atoms with Gasteiger partial charge in [0.25, 0.3) is 0 Å². The minimum atomic E-state index is 0.548. The Hall–Kier alpha value is -1.53. The van der Waals surface area contributed by atoms with Crippen LogP contribution in [0.15, 0.2) is 24.3 Å². The quantitative estimate of drug-likeness (QED) is 0.863. The maximum atomic E-state index is 8.96. The first-order valence-corrected chi connectivity index (χ1v) is 6.17. The van der Waals surface area contributed by atoms with Crippen molar-refractivity contribution in [1.82, 2.24) is 0 Å². The second kappa shape index (κ2) is 5.70. The van der Waals surface area contributed by atoms with Crippen LogP contribution in [0.2, 0.25) is 0 Å². The first-order valence-electron chi connectivity index (χ1n) is 6.17. The van der Waals surface area contributed by atoms with E-state index < -0.39 is 0 Å². The number of nitrogens with two attached hydrogens (primary N) is 1. The Morgan fingerprint density at radius 2 is 2.06 bits per heavy atom. The predicted molar refractivity (Wildman–Crippen MR) is 66.5 cm³/mol. The lowest BCUT2D eigenvalue weighted by Gasteiger charge is -2.18. The van der Waals surface area contributed by atoms with E-state index in [1.165, 1.54) is 19.3 Å². The summed E-state index contributed by atoms with van der Waals surface area (Å²) in [4.78, 5) is 0. The zero-order valence-corrected chi connectivity index (χ0v) is 9.93. The largest absolute Gasteiger partial charge is 0.492 e. The number of hydrogen-bond acceptors (Lipinski definition) is 3. The summed E-state index contributed by atoms with van der Waals surface area (Å²) in [5.41, 5.74) is 6.35. The van der Waals surface area contributed by atoms with Crippen LogP contribution in [0.1, 0.15) is 24.8 Å². The highest BCUT2D eigenvalue weighted by molar-refractivity contribution is 5.42. The molecule has 1 aromatic rings. The third-order valence-corrected chi connectivity index (χ3v) is 3.58. The molecule has 0 saturated heterocycles. The Labute approximate surface area is 102 Å². The smallest absolute Gasteiger partial charge is 0.137 e. The second-order valence-corrected chi connectivity index (χ2v) is 4.61. The average molecular weight is 230 g/mol. The highest BCUT2D eigenvalue weighted by Gasteiger charge is 2.26. The summed E-state index contributed by atoms with van der Waals surface area (Å²) in [6, 6.07) is 9.53. The standard InChI is InChI=1S/C14H18N2O/c15-8-11-5-3-6-13(11)10-17-14-7-2-1-4-12(14)9-16/h1-2,4,7,11,13H,3,5-6,8,10,15H2. The van der Waals surface area contributed by atoms with Gasteiger partial charge in [0, 0.05) is 0 Å². The molecule has 3 heteroatoms. The molecule has 0 amide bonds. The minimum absolute atomic E-state index is 0.548.